The monoisotopic (exact) mass is 260 g/mol. The van der Waals surface area contributed by atoms with Gasteiger partial charge in [-0.25, -0.2) is 4.68 Å². The number of hydrogen-bond acceptors (Lipinski definition) is 5. The van der Waals surface area contributed by atoms with E-state index in [9.17, 15) is 0 Å². The lowest BCUT2D eigenvalue weighted by atomic mass is 10.1. The Bertz CT molecular complexity index is 585. The Labute approximate surface area is 109 Å². The van der Waals surface area contributed by atoms with Gasteiger partial charge >= 0.3 is 0 Å². The maximum Gasteiger partial charge on any atom is 0.209 e. The molecule has 2 rings (SSSR count). The van der Waals surface area contributed by atoms with Gasteiger partial charge in [0.25, 0.3) is 0 Å². The van der Waals surface area contributed by atoms with Gasteiger partial charge in [-0.05, 0) is 28.1 Å². The molecule has 0 fully saturated rings. The van der Waals surface area contributed by atoms with Crippen molar-refractivity contribution in [3.63, 3.8) is 0 Å². The van der Waals surface area contributed by atoms with Crippen LogP contribution in [0, 0.1) is 11.8 Å². The van der Waals surface area contributed by atoms with Crippen LogP contribution in [0.1, 0.15) is 11.1 Å². The van der Waals surface area contributed by atoms with Gasteiger partial charge in [0.05, 0.1) is 0 Å². The smallest absolute Gasteiger partial charge is 0.209 e. The summed E-state index contributed by atoms with van der Waals surface area (Å²) in [6.07, 6.45) is 0. The quantitative estimate of drug-likeness (QED) is 0.654. The summed E-state index contributed by atoms with van der Waals surface area (Å²) >= 11 is 1.57. The third-order valence-corrected chi connectivity index (χ3v) is 3.27. The summed E-state index contributed by atoms with van der Waals surface area (Å²) in [5.41, 5.74) is 2.05. The zero-order valence-corrected chi connectivity index (χ0v) is 10.7. The van der Waals surface area contributed by atoms with Gasteiger partial charge in [0.15, 0.2) is 0 Å². The SMILES string of the molecule is Cn1nnnc1SCc1cccc(C#CCO)c1. The highest BCUT2D eigenvalue weighted by atomic mass is 32.2. The summed E-state index contributed by atoms with van der Waals surface area (Å²) in [7, 11) is 1.81. The molecule has 0 aliphatic rings. The van der Waals surface area contributed by atoms with Gasteiger partial charge in [-0.15, -0.1) is 5.10 Å². The van der Waals surface area contributed by atoms with Crippen LogP contribution < -0.4 is 0 Å². The van der Waals surface area contributed by atoms with E-state index >= 15 is 0 Å². The van der Waals surface area contributed by atoms with Crippen LogP contribution in [0.5, 0.6) is 0 Å². The normalized spacial score (nSPS) is 9.89. The molecule has 0 aliphatic heterocycles. The van der Waals surface area contributed by atoms with Crippen LogP contribution in [0.2, 0.25) is 0 Å². The predicted octanol–water partition coefficient (Wildman–Crippen LogP) is 0.846. The molecule has 0 amide bonds. The molecule has 5 nitrogen and oxygen atoms in total. The molecular formula is C12H12N4OS. The summed E-state index contributed by atoms with van der Waals surface area (Å²) in [4.78, 5) is 0. The molecule has 0 radical (unpaired) electrons. The molecule has 0 atom stereocenters. The molecule has 0 unspecified atom stereocenters. The Morgan fingerprint density at radius 1 is 1.44 bits per heavy atom. The van der Waals surface area contributed by atoms with Crippen LogP contribution in [0.25, 0.3) is 0 Å². The van der Waals surface area contributed by atoms with E-state index in [4.69, 9.17) is 5.11 Å². The number of aliphatic hydroxyl groups excluding tert-OH is 1. The zero-order valence-electron chi connectivity index (χ0n) is 9.87. The van der Waals surface area contributed by atoms with E-state index in [2.05, 4.69) is 27.4 Å². The van der Waals surface area contributed by atoms with Crippen molar-refractivity contribution in [2.75, 3.05) is 6.61 Å². The fourth-order valence-corrected chi connectivity index (χ4v) is 2.16. The van der Waals surface area contributed by atoms with Crippen molar-refractivity contribution < 1.29 is 5.11 Å². The fraction of sp³-hybridized carbons (Fsp3) is 0.250. The molecule has 1 heterocycles. The van der Waals surface area contributed by atoms with Gasteiger partial charge in [0.2, 0.25) is 5.16 Å². The van der Waals surface area contributed by atoms with E-state index in [1.807, 2.05) is 31.3 Å². The minimum Gasteiger partial charge on any atom is -0.384 e. The summed E-state index contributed by atoms with van der Waals surface area (Å²) in [6.45, 7) is -0.121. The number of aryl methyl sites for hydroxylation is 1. The second kappa shape index (κ2) is 6.19. The Balaban J connectivity index is 2.03. The maximum atomic E-state index is 8.65. The van der Waals surface area contributed by atoms with Gasteiger partial charge < -0.3 is 5.11 Å². The summed E-state index contributed by atoms with van der Waals surface area (Å²) in [5.74, 6) is 6.30. The molecule has 0 bridgehead atoms. The molecule has 0 aliphatic carbocycles. The molecule has 18 heavy (non-hydrogen) atoms. The average Bonchev–Trinajstić information content (AvgIpc) is 2.80. The van der Waals surface area contributed by atoms with Crippen molar-refractivity contribution in [1.82, 2.24) is 20.2 Å². The maximum absolute atomic E-state index is 8.65. The Morgan fingerprint density at radius 2 is 2.33 bits per heavy atom. The third kappa shape index (κ3) is 3.32. The van der Waals surface area contributed by atoms with Gasteiger partial charge in [0.1, 0.15) is 6.61 Å². The topological polar surface area (TPSA) is 63.8 Å². The van der Waals surface area contributed by atoms with Crippen LogP contribution >= 0.6 is 11.8 Å². The van der Waals surface area contributed by atoms with Crippen molar-refractivity contribution in [3.05, 3.63) is 35.4 Å². The van der Waals surface area contributed by atoms with E-state index in [1.165, 1.54) is 0 Å². The lowest BCUT2D eigenvalue weighted by Crippen LogP contribution is -1.93. The highest BCUT2D eigenvalue weighted by Crippen LogP contribution is 2.19. The van der Waals surface area contributed by atoms with Gasteiger partial charge in [-0.2, -0.15) is 0 Å². The van der Waals surface area contributed by atoms with E-state index in [1.54, 1.807) is 16.4 Å². The van der Waals surface area contributed by atoms with Gasteiger partial charge in [0, 0.05) is 18.4 Å². The first-order valence-corrected chi connectivity index (χ1v) is 6.32. The number of aliphatic hydroxyl groups is 1. The lowest BCUT2D eigenvalue weighted by Gasteiger charge is -2.00. The van der Waals surface area contributed by atoms with Crippen molar-refractivity contribution >= 4 is 11.8 Å². The summed E-state index contributed by atoms with van der Waals surface area (Å²) in [5, 5.41) is 20.7. The van der Waals surface area contributed by atoms with Crippen LogP contribution in [-0.4, -0.2) is 31.9 Å². The van der Waals surface area contributed by atoms with E-state index in [0.717, 1.165) is 22.0 Å². The standard InChI is InChI=1S/C12H12N4OS/c1-16-12(13-14-15-16)18-9-11-5-2-4-10(8-11)6-3-7-17/h2,4-5,8,17H,7,9H2,1H3. The first kappa shape index (κ1) is 12.6. The Hall–Kier alpha value is -1.84. The Morgan fingerprint density at radius 3 is 3.06 bits per heavy atom. The molecule has 6 heteroatoms. The molecule has 92 valence electrons. The van der Waals surface area contributed by atoms with E-state index < -0.39 is 0 Å². The second-order valence-electron chi connectivity index (χ2n) is 3.53. The Kier molecular flexibility index (Phi) is 4.34. The van der Waals surface area contributed by atoms with E-state index in [-0.39, 0.29) is 6.61 Å². The van der Waals surface area contributed by atoms with Crippen molar-refractivity contribution in [3.8, 4) is 11.8 Å². The summed E-state index contributed by atoms with van der Waals surface area (Å²) in [6, 6.07) is 7.90. The molecule has 1 aromatic carbocycles. The van der Waals surface area contributed by atoms with Crippen molar-refractivity contribution in [2.24, 2.45) is 7.05 Å². The van der Waals surface area contributed by atoms with Crippen LogP contribution in [-0.2, 0) is 12.8 Å². The molecule has 0 spiro atoms. The minimum atomic E-state index is -0.121. The third-order valence-electron chi connectivity index (χ3n) is 2.19. The number of thioether (sulfide) groups is 1. The van der Waals surface area contributed by atoms with Crippen molar-refractivity contribution in [2.45, 2.75) is 10.9 Å². The first-order valence-electron chi connectivity index (χ1n) is 5.33. The zero-order chi connectivity index (χ0) is 12.8. The predicted molar refractivity (Wildman–Crippen MR) is 68.8 cm³/mol. The van der Waals surface area contributed by atoms with Crippen LogP contribution in [0.4, 0.5) is 0 Å². The molecule has 2 aromatic rings. The van der Waals surface area contributed by atoms with Crippen molar-refractivity contribution in [1.29, 1.82) is 0 Å². The lowest BCUT2D eigenvalue weighted by molar-refractivity contribution is 0.350. The molecular weight excluding hydrogens is 248 g/mol. The number of rotatable bonds is 3. The molecule has 1 N–H and O–H groups in total. The second-order valence-corrected chi connectivity index (χ2v) is 4.48. The number of hydrogen-bond donors (Lipinski definition) is 1. The van der Waals surface area contributed by atoms with Gasteiger partial charge in [-0.3, -0.25) is 0 Å². The number of aromatic nitrogens is 4. The minimum absolute atomic E-state index is 0.121. The van der Waals surface area contributed by atoms with E-state index in [0.29, 0.717) is 0 Å². The number of nitrogens with zero attached hydrogens (tertiary/aromatic N) is 4. The van der Waals surface area contributed by atoms with Gasteiger partial charge in [-0.1, -0.05) is 35.7 Å². The highest BCUT2D eigenvalue weighted by molar-refractivity contribution is 7.98. The fourth-order valence-electron chi connectivity index (χ4n) is 1.37. The van der Waals surface area contributed by atoms with Crippen LogP contribution in [0.3, 0.4) is 0 Å². The largest absolute Gasteiger partial charge is 0.384 e. The molecule has 0 saturated heterocycles. The summed E-state index contributed by atoms with van der Waals surface area (Å²) < 4.78 is 1.64. The average molecular weight is 260 g/mol. The highest BCUT2D eigenvalue weighted by Gasteiger charge is 2.03. The molecule has 0 saturated carbocycles. The molecule has 1 aromatic heterocycles. The number of benzene rings is 1. The first-order chi connectivity index (χ1) is 8.79. The van der Waals surface area contributed by atoms with Crippen LogP contribution in [0.15, 0.2) is 29.4 Å². The number of tetrazole rings is 1.